The summed E-state index contributed by atoms with van der Waals surface area (Å²) < 4.78 is 3.94. The fourth-order valence-electron chi connectivity index (χ4n) is 2.42. The van der Waals surface area contributed by atoms with Crippen LogP contribution in [0.25, 0.3) is 0 Å². The van der Waals surface area contributed by atoms with Gasteiger partial charge in [0.25, 0.3) is 0 Å². The van der Waals surface area contributed by atoms with Crippen molar-refractivity contribution in [3.05, 3.63) is 30.4 Å². The molecule has 0 aliphatic heterocycles. The summed E-state index contributed by atoms with van der Waals surface area (Å²) in [7, 11) is 3.89. The zero-order valence-corrected chi connectivity index (χ0v) is 18.0. The second kappa shape index (κ2) is 10.4. The summed E-state index contributed by atoms with van der Waals surface area (Å²) in [5.41, 5.74) is 0. The third-order valence-corrected chi connectivity index (χ3v) is 3.61. The van der Waals surface area contributed by atoms with E-state index in [1.54, 1.807) is 11.0 Å². The fraction of sp³-hybridized carbons (Fsp3) is 0.625. The van der Waals surface area contributed by atoms with Gasteiger partial charge in [-0.05, 0) is 12.8 Å². The molecule has 0 fully saturated rings. The lowest BCUT2D eigenvalue weighted by Crippen LogP contribution is -2.39. The fourth-order valence-corrected chi connectivity index (χ4v) is 2.42. The van der Waals surface area contributed by atoms with Gasteiger partial charge in [0.05, 0.1) is 6.54 Å². The monoisotopic (exact) mass is 460 g/mol. The largest absolute Gasteiger partial charge is 0.357 e. The summed E-state index contributed by atoms with van der Waals surface area (Å²) in [5, 5.41) is 7.42. The van der Waals surface area contributed by atoms with E-state index in [4.69, 9.17) is 4.99 Å². The molecule has 0 amide bonds. The van der Waals surface area contributed by atoms with Gasteiger partial charge < -0.3 is 14.8 Å². The molecule has 25 heavy (non-hydrogen) atoms. The number of nitrogens with one attached hydrogen (secondary N) is 1. The van der Waals surface area contributed by atoms with E-state index in [-0.39, 0.29) is 24.0 Å². The summed E-state index contributed by atoms with van der Waals surface area (Å²) >= 11 is 0. The number of hydrogen-bond donors (Lipinski definition) is 1. The first-order valence-electron chi connectivity index (χ1n) is 8.33. The van der Waals surface area contributed by atoms with Crippen LogP contribution in [-0.2, 0) is 26.7 Å². The Morgan fingerprint density at radius 1 is 1.32 bits per heavy atom. The average Bonchev–Trinajstić information content (AvgIpc) is 3.12. The molecule has 2 heterocycles. The second-order valence-electron chi connectivity index (χ2n) is 6.22. The molecule has 2 rings (SSSR count). The molecule has 8 nitrogen and oxygen atoms in total. The van der Waals surface area contributed by atoms with Crippen LogP contribution in [0.4, 0.5) is 0 Å². The highest BCUT2D eigenvalue weighted by atomic mass is 127. The van der Waals surface area contributed by atoms with E-state index in [9.17, 15) is 0 Å². The third-order valence-electron chi connectivity index (χ3n) is 3.61. The maximum Gasteiger partial charge on any atom is 0.194 e. The van der Waals surface area contributed by atoms with E-state index in [0.29, 0.717) is 19.0 Å². The van der Waals surface area contributed by atoms with E-state index >= 15 is 0 Å². The van der Waals surface area contributed by atoms with E-state index in [2.05, 4.69) is 45.7 Å². The number of nitrogens with zero attached hydrogens (tertiary/aromatic N) is 7. The van der Waals surface area contributed by atoms with Crippen molar-refractivity contribution in [2.75, 3.05) is 13.6 Å². The number of hydrogen-bond acceptors (Lipinski definition) is 4. The van der Waals surface area contributed by atoms with Gasteiger partial charge in [0.15, 0.2) is 5.96 Å². The number of imidazole rings is 1. The van der Waals surface area contributed by atoms with Crippen LogP contribution in [0.15, 0.2) is 23.7 Å². The van der Waals surface area contributed by atoms with E-state index < -0.39 is 0 Å². The number of aromatic nitrogens is 5. The number of halogens is 1. The van der Waals surface area contributed by atoms with Gasteiger partial charge in [-0.1, -0.05) is 13.8 Å². The third kappa shape index (κ3) is 6.29. The lowest BCUT2D eigenvalue weighted by Gasteiger charge is -2.21. The molecule has 0 spiro atoms. The van der Waals surface area contributed by atoms with Gasteiger partial charge in [-0.2, -0.15) is 5.10 Å². The van der Waals surface area contributed by atoms with Crippen LogP contribution >= 0.6 is 24.0 Å². The SMILES string of the molecule is CCNC(=NCc1nccn1CC(C)C)N(C)Cc1ncnn1C.I. The Hall–Kier alpha value is -1.65. The molecule has 2 aromatic rings. The highest BCUT2D eigenvalue weighted by molar-refractivity contribution is 14.0. The molecular weight excluding hydrogens is 431 g/mol. The number of aliphatic imine (C=N–C) groups is 1. The van der Waals surface area contributed by atoms with Crippen LogP contribution in [0.3, 0.4) is 0 Å². The Kier molecular flexibility index (Phi) is 8.87. The first-order valence-corrected chi connectivity index (χ1v) is 8.33. The van der Waals surface area contributed by atoms with Crippen LogP contribution in [0.2, 0.25) is 0 Å². The number of rotatable bonds is 7. The summed E-state index contributed by atoms with van der Waals surface area (Å²) in [6.45, 7) is 9.41. The first-order chi connectivity index (χ1) is 11.5. The predicted molar refractivity (Wildman–Crippen MR) is 110 cm³/mol. The standard InChI is InChI=1S/C16H28N8.HI/c1-6-17-16(22(4)11-15-20-12-21-23(15)5)19-9-14-18-7-8-24(14)10-13(2)3;/h7-8,12-13H,6,9-11H2,1-5H3,(H,17,19);1H. The molecule has 0 unspecified atom stereocenters. The quantitative estimate of drug-likeness (QED) is 0.388. The Morgan fingerprint density at radius 3 is 2.68 bits per heavy atom. The molecule has 0 aliphatic rings. The minimum absolute atomic E-state index is 0. The molecule has 0 radical (unpaired) electrons. The smallest absolute Gasteiger partial charge is 0.194 e. The highest BCUT2D eigenvalue weighted by Gasteiger charge is 2.11. The van der Waals surface area contributed by atoms with Gasteiger partial charge >= 0.3 is 0 Å². The van der Waals surface area contributed by atoms with Crippen LogP contribution < -0.4 is 5.32 Å². The molecule has 0 saturated heterocycles. The Morgan fingerprint density at radius 2 is 2.08 bits per heavy atom. The van der Waals surface area contributed by atoms with Gasteiger partial charge in [-0.15, -0.1) is 24.0 Å². The number of aryl methyl sites for hydroxylation is 1. The lowest BCUT2D eigenvalue weighted by molar-refractivity contribution is 0.447. The number of guanidine groups is 1. The van der Waals surface area contributed by atoms with Gasteiger partial charge in [0, 0.05) is 39.6 Å². The van der Waals surface area contributed by atoms with Crippen molar-refractivity contribution < 1.29 is 0 Å². The molecule has 9 heteroatoms. The Labute approximate surface area is 166 Å². The van der Waals surface area contributed by atoms with Crippen molar-refractivity contribution in [3.8, 4) is 0 Å². The lowest BCUT2D eigenvalue weighted by atomic mass is 10.2. The van der Waals surface area contributed by atoms with E-state index in [0.717, 1.165) is 30.7 Å². The van der Waals surface area contributed by atoms with Gasteiger partial charge in [-0.25, -0.2) is 15.0 Å². The summed E-state index contributed by atoms with van der Waals surface area (Å²) in [6, 6.07) is 0. The molecular formula is C16H29IN8. The predicted octanol–water partition coefficient (Wildman–Crippen LogP) is 1.88. The molecule has 0 aromatic carbocycles. The second-order valence-corrected chi connectivity index (χ2v) is 6.22. The summed E-state index contributed by atoms with van der Waals surface area (Å²) in [5.74, 6) is 3.28. The average molecular weight is 460 g/mol. The van der Waals surface area contributed by atoms with Gasteiger partial charge in [-0.3, -0.25) is 4.68 Å². The van der Waals surface area contributed by atoms with Crippen molar-refractivity contribution in [2.24, 2.45) is 18.0 Å². The summed E-state index contributed by atoms with van der Waals surface area (Å²) in [6.07, 6.45) is 5.42. The molecule has 140 valence electrons. The van der Waals surface area contributed by atoms with Crippen LogP contribution in [0.1, 0.15) is 32.4 Å². The van der Waals surface area contributed by atoms with Crippen molar-refractivity contribution in [1.29, 1.82) is 0 Å². The minimum atomic E-state index is 0. The maximum absolute atomic E-state index is 4.72. The summed E-state index contributed by atoms with van der Waals surface area (Å²) in [4.78, 5) is 15.5. The van der Waals surface area contributed by atoms with Crippen molar-refractivity contribution in [2.45, 2.75) is 40.4 Å². The van der Waals surface area contributed by atoms with E-state index in [1.165, 1.54) is 0 Å². The molecule has 0 aliphatic carbocycles. The van der Waals surface area contributed by atoms with Crippen molar-refractivity contribution in [3.63, 3.8) is 0 Å². The van der Waals surface area contributed by atoms with Crippen LogP contribution in [-0.4, -0.2) is 48.8 Å². The van der Waals surface area contributed by atoms with Crippen molar-refractivity contribution >= 4 is 29.9 Å². The van der Waals surface area contributed by atoms with Crippen LogP contribution in [0.5, 0.6) is 0 Å². The zero-order valence-electron chi connectivity index (χ0n) is 15.7. The first kappa shape index (κ1) is 21.4. The minimum Gasteiger partial charge on any atom is -0.357 e. The molecule has 1 N–H and O–H groups in total. The van der Waals surface area contributed by atoms with Crippen LogP contribution in [0, 0.1) is 5.92 Å². The topological polar surface area (TPSA) is 76.2 Å². The van der Waals surface area contributed by atoms with E-state index in [1.807, 2.05) is 31.4 Å². The van der Waals surface area contributed by atoms with Gasteiger partial charge in [0.2, 0.25) is 0 Å². The highest BCUT2D eigenvalue weighted by Crippen LogP contribution is 2.06. The molecule has 2 aromatic heterocycles. The molecule has 0 atom stereocenters. The molecule has 0 saturated carbocycles. The zero-order chi connectivity index (χ0) is 17.5. The maximum atomic E-state index is 4.72. The van der Waals surface area contributed by atoms with Crippen molar-refractivity contribution in [1.82, 2.24) is 34.5 Å². The Bertz CT molecular complexity index is 661. The van der Waals surface area contributed by atoms with Gasteiger partial charge in [0.1, 0.15) is 24.5 Å². The normalized spacial score (nSPS) is 11.5. The Balaban J connectivity index is 0.00000312. The molecule has 0 bridgehead atoms.